The van der Waals surface area contributed by atoms with Gasteiger partial charge in [0, 0.05) is 4.86 Å². The molecule has 0 aromatic heterocycles. The molecule has 0 atom stereocenters. The fourth-order valence-corrected chi connectivity index (χ4v) is 4.52. The molecule has 76 valence electrons. The molecule has 3 saturated carbocycles. The molecule has 3 rings (SSSR count). The largest absolute Gasteiger partial charge is 0.298 e. The standard InChI is InChI=1S/C12H16OS/c13-9-11(5-1-2-6-11)10(14)12(9)7-3-4-8-12/h1-8H2. The second-order valence-corrected chi connectivity index (χ2v) is 5.64. The van der Waals surface area contributed by atoms with Crippen LogP contribution in [0.4, 0.5) is 0 Å². The van der Waals surface area contributed by atoms with Crippen molar-refractivity contribution in [3.05, 3.63) is 0 Å². The molecule has 0 aromatic carbocycles. The number of hydrogen-bond acceptors (Lipinski definition) is 2. The van der Waals surface area contributed by atoms with Gasteiger partial charge in [-0.05, 0) is 25.7 Å². The maximum atomic E-state index is 12.3. The van der Waals surface area contributed by atoms with E-state index >= 15 is 0 Å². The quantitative estimate of drug-likeness (QED) is 0.569. The van der Waals surface area contributed by atoms with Gasteiger partial charge >= 0.3 is 0 Å². The first kappa shape index (κ1) is 9.02. The zero-order valence-electron chi connectivity index (χ0n) is 8.47. The molecular weight excluding hydrogens is 192 g/mol. The molecule has 1 nitrogen and oxygen atoms in total. The summed E-state index contributed by atoms with van der Waals surface area (Å²) in [6.07, 6.45) is 9.09. The zero-order valence-corrected chi connectivity index (χ0v) is 9.29. The molecule has 2 spiro atoms. The Labute approximate surface area is 90.3 Å². The maximum Gasteiger partial charge on any atom is 0.154 e. The molecule has 3 aliphatic carbocycles. The molecule has 14 heavy (non-hydrogen) atoms. The molecule has 0 aliphatic heterocycles. The van der Waals surface area contributed by atoms with Gasteiger partial charge in [0.15, 0.2) is 5.78 Å². The molecule has 0 aromatic rings. The van der Waals surface area contributed by atoms with E-state index in [1.807, 2.05) is 0 Å². The van der Waals surface area contributed by atoms with Crippen molar-refractivity contribution in [1.82, 2.24) is 0 Å². The van der Waals surface area contributed by atoms with Crippen LogP contribution in [-0.2, 0) is 4.79 Å². The molecule has 0 radical (unpaired) electrons. The summed E-state index contributed by atoms with van der Waals surface area (Å²) in [5.41, 5.74) is -0.195. The van der Waals surface area contributed by atoms with Crippen molar-refractivity contribution in [3.8, 4) is 0 Å². The van der Waals surface area contributed by atoms with Crippen LogP contribution in [0.1, 0.15) is 51.4 Å². The lowest BCUT2D eigenvalue weighted by Crippen LogP contribution is -2.63. The van der Waals surface area contributed by atoms with E-state index in [0.29, 0.717) is 5.78 Å². The summed E-state index contributed by atoms with van der Waals surface area (Å²) < 4.78 is 0. The van der Waals surface area contributed by atoms with E-state index < -0.39 is 0 Å². The minimum absolute atomic E-state index is 0.0975. The maximum absolute atomic E-state index is 12.3. The average Bonchev–Trinajstić information content (AvgIpc) is 2.88. The van der Waals surface area contributed by atoms with Crippen LogP contribution in [0, 0.1) is 10.8 Å². The van der Waals surface area contributed by atoms with Crippen LogP contribution in [-0.4, -0.2) is 10.6 Å². The number of hydrogen-bond donors (Lipinski definition) is 0. The Hall–Kier alpha value is -0.240. The number of rotatable bonds is 0. The third kappa shape index (κ3) is 0.781. The highest BCUT2D eigenvalue weighted by molar-refractivity contribution is 7.81. The topological polar surface area (TPSA) is 17.1 Å². The van der Waals surface area contributed by atoms with Crippen LogP contribution >= 0.6 is 12.2 Å². The van der Waals surface area contributed by atoms with E-state index in [2.05, 4.69) is 0 Å². The van der Waals surface area contributed by atoms with Crippen molar-refractivity contribution in [2.24, 2.45) is 10.8 Å². The second kappa shape index (κ2) is 2.66. The van der Waals surface area contributed by atoms with Crippen molar-refractivity contribution >= 4 is 22.9 Å². The summed E-state index contributed by atoms with van der Waals surface area (Å²) in [5.74, 6) is 0.532. The second-order valence-electron chi connectivity index (χ2n) is 5.24. The van der Waals surface area contributed by atoms with Gasteiger partial charge in [0.1, 0.15) is 0 Å². The van der Waals surface area contributed by atoms with Gasteiger partial charge in [-0.2, -0.15) is 0 Å². The Morgan fingerprint density at radius 2 is 1.21 bits per heavy atom. The molecule has 0 heterocycles. The summed E-state index contributed by atoms with van der Waals surface area (Å²) >= 11 is 5.58. The van der Waals surface area contributed by atoms with Gasteiger partial charge in [0.2, 0.25) is 0 Å². The predicted octanol–water partition coefficient (Wildman–Crippen LogP) is 3.06. The first-order valence-electron chi connectivity index (χ1n) is 5.82. The number of carbonyl (C=O) groups excluding carboxylic acids is 1. The van der Waals surface area contributed by atoms with Crippen molar-refractivity contribution in [1.29, 1.82) is 0 Å². The van der Waals surface area contributed by atoms with Crippen molar-refractivity contribution < 1.29 is 4.79 Å². The van der Waals surface area contributed by atoms with Gasteiger partial charge in [-0.25, -0.2) is 0 Å². The Bertz CT molecular complexity index is 258. The molecule has 0 amide bonds. The lowest BCUT2D eigenvalue weighted by Gasteiger charge is -2.52. The molecular formula is C12H16OS. The molecule has 3 fully saturated rings. The third-order valence-corrected chi connectivity index (χ3v) is 5.43. The summed E-state index contributed by atoms with van der Waals surface area (Å²) in [4.78, 5) is 13.5. The van der Waals surface area contributed by atoms with Gasteiger partial charge < -0.3 is 0 Å². The van der Waals surface area contributed by atoms with Gasteiger partial charge in [-0.1, -0.05) is 37.9 Å². The van der Waals surface area contributed by atoms with E-state index in [1.54, 1.807) is 0 Å². The lowest BCUT2D eigenvalue weighted by atomic mass is 9.50. The van der Waals surface area contributed by atoms with Crippen LogP contribution in [0.3, 0.4) is 0 Å². The number of carbonyl (C=O) groups is 1. The fourth-order valence-electron chi connectivity index (χ4n) is 3.93. The van der Waals surface area contributed by atoms with Gasteiger partial charge in [-0.3, -0.25) is 4.79 Å². The Morgan fingerprint density at radius 3 is 1.50 bits per heavy atom. The molecule has 2 heteroatoms. The Morgan fingerprint density at radius 1 is 0.857 bits per heavy atom. The summed E-state index contributed by atoms with van der Waals surface area (Å²) in [5, 5.41) is 0. The van der Waals surface area contributed by atoms with Crippen LogP contribution in [0.15, 0.2) is 0 Å². The summed E-state index contributed by atoms with van der Waals surface area (Å²) in [7, 11) is 0. The lowest BCUT2D eigenvalue weighted by molar-refractivity contribution is -0.137. The van der Waals surface area contributed by atoms with Crippen molar-refractivity contribution in [2.45, 2.75) is 51.4 Å². The highest BCUT2D eigenvalue weighted by Crippen LogP contribution is 2.62. The van der Waals surface area contributed by atoms with Crippen molar-refractivity contribution in [2.75, 3.05) is 0 Å². The van der Waals surface area contributed by atoms with Gasteiger partial charge in [0.25, 0.3) is 0 Å². The summed E-state index contributed by atoms with van der Waals surface area (Å²) in [6.45, 7) is 0. The molecule has 0 saturated heterocycles. The van der Waals surface area contributed by atoms with Crippen LogP contribution in [0.25, 0.3) is 0 Å². The molecule has 3 aliphatic rings. The molecule has 0 unspecified atom stereocenters. The molecule has 0 bridgehead atoms. The minimum atomic E-state index is -0.0975. The van der Waals surface area contributed by atoms with Crippen LogP contribution in [0.2, 0.25) is 0 Å². The van der Waals surface area contributed by atoms with Gasteiger partial charge in [0.05, 0.1) is 10.8 Å². The number of Topliss-reactive ketones (excluding diaryl/α,β-unsaturated/α-hetero) is 1. The fraction of sp³-hybridized carbons (Fsp3) is 0.833. The summed E-state index contributed by atoms with van der Waals surface area (Å²) in [6, 6.07) is 0. The first-order valence-corrected chi connectivity index (χ1v) is 6.23. The Balaban J connectivity index is 1.95. The highest BCUT2D eigenvalue weighted by atomic mass is 32.1. The van der Waals surface area contributed by atoms with E-state index in [4.69, 9.17) is 12.2 Å². The van der Waals surface area contributed by atoms with Crippen LogP contribution in [0.5, 0.6) is 0 Å². The van der Waals surface area contributed by atoms with Crippen LogP contribution < -0.4 is 0 Å². The monoisotopic (exact) mass is 208 g/mol. The zero-order chi connectivity index (χ0) is 9.81. The Kier molecular flexibility index (Phi) is 1.71. The minimum Gasteiger partial charge on any atom is -0.298 e. The van der Waals surface area contributed by atoms with Gasteiger partial charge in [-0.15, -0.1) is 0 Å². The average molecular weight is 208 g/mol. The van der Waals surface area contributed by atoms with E-state index in [1.165, 1.54) is 25.7 Å². The van der Waals surface area contributed by atoms with Crippen molar-refractivity contribution in [3.63, 3.8) is 0 Å². The SMILES string of the molecule is O=C1C2(CCCC2)C(=S)C12CCCC2. The normalized spacial score (nSPS) is 32.9. The molecule has 0 N–H and O–H groups in total. The predicted molar refractivity (Wildman–Crippen MR) is 59.4 cm³/mol. The van der Waals surface area contributed by atoms with E-state index in [9.17, 15) is 4.79 Å². The number of ketones is 1. The third-order valence-electron chi connectivity index (χ3n) is 4.65. The van der Waals surface area contributed by atoms with E-state index in [0.717, 1.165) is 30.5 Å². The first-order chi connectivity index (χ1) is 6.72. The number of thiocarbonyl (C=S) groups is 1. The van der Waals surface area contributed by atoms with E-state index in [-0.39, 0.29) is 10.8 Å². The smallest absolute Gasteiger partial charge is 0.154 e. The highest BCUT2D eigenvalue weighted by Gasteiger charge is 2.68.